The smallest absolute Gasteiger partial charge is 0.253 e. The Labute approximate surface area is 150 Å². The molecule has 1 heterocycles. The number of carbonyl (C=O) groups is 1. The summed E-state index contributed by atoms with van der Waals surface area (Å²) in [6.07, 6.45) is 1.50. The zero-order valence-corrected chi connectivity index (χ0v) is 14.3. The van der Waals surface area contributed by atoms with Crippen molar-refractivity contribution in [2.45, 2.75) is 6.54 Å². The van der Waals surface area contributed by atoms with Crippen LogP contribution < -0.4 is 0 Å². The van der Waals surface area contributed by atoms with E-state index in [9.17, 15) is 4.79 Å². The minimum atomic E-state index is -0.0481. The minimum absolute atomic E-state index is 0.0481. The van der Waals surface area contributed by atoms with Crippen molar-refractivity contribution in [3.05, 3.63) is 84.2 Å². The molecule has 1 amide bonds. The highest BCUT2D eigenvalue weighted by Crippen LogP contribution is 2.18. The third-order valence-corrected chi connectivity index (χ3v) is 4.29. The van der Waals surface area contributed by atoms with Gasteiger partial charge in [-0.2, -0.15) is 0 Å². The van der Waals surface area contributed by atoms with Crippen molar-refractivity contribution in [3.63, 3.8) is 0 Å². The number of fused-ring (bicyclic) bond motifs is 1. The van der Waals surface area contributed by atoms with Crippen molar-refractivity contribution < 1.29 is 4.79 Å². The molecule has 0 fully saturated rings. The van der Waals surface area contributed by atoms with Crippen molar-refractivity contribution in [2.24, 2.45) is 0 Å². The first kappa shape index (κ1) is 16.0. The first-order chi connectivity index (χ1) is 12.7. The number of nitrogens with zero attached hydrogens (tertiary/aromatic N) is 5. The lowest BCUT2D eigenvalue weighted by Gasteiger charge is -2.18. The molecule has 128 valence electrons. The number of hydrogen-bond donors (Lipinski definition) is 0. The van der Waals surface area contributed by atoms with Crippen LogP contribution in [0.5, 0.6) is 0 Å². The summed E-state index contributed by atoms with van der Waals surface area (Å²) < 4.78 is 1.53. The van der Waals surface area contributed by atoms with Crippen LogP contribution in [0.2, 0.25) is 0 Å². The number of aromatic nitrogens is 4. The Morgan fingerprint density at radius 1 is 1.00 bits per heavy atom. The molecule has 0 bridgehead atoms. The van der Waals surface area contributed by atoms with E-state index in [1.165, 1.54) is 21.8 Å². The largest absolute Gasteiger partial charge is 0.337 e. The first-order valence-electron chi connectivity index (χ1n) is 8.27. The van der Waals surface area contributed by atoms with Crippen LogP contribution in [0.25, 0.3) is 16.5 Å². The molecule has 1 aromatic heterocycles. The highest BCUT2D eigenvalue weighted by molar-refractivity contribution is 5.94. The predicted molar refractivity (Wildman–Crippen MR) is 98.9 cm³/mol. The SMILES string of the molecule is CN(Cc1ccc2ccccc2c1)C(=O)c1cccc(-n2cnnn2)c1. The van der Waals surface area contributed by atoms with Crippen LogP contribution in [0.1, 0.15) is 15.9 Å². The molecule has 0 radical (unpaired) electrons. The van der Waals surface area contributed by atoms with E-state index >= 15 is 0 Å². The normalized spacial score (nSPS) is 10.8. The van der Waals surface area contributed by atoms with E-state index in [2.05, 4.69) is 45.9 Å². The van der Waals surface area contributed by atoms with Gasteiger partial charge in [0.05, 0.1) is 5.69 Å². The van der Waals surface area contributed by atoms with Crippen molar-refractivity contribution in [1.82, 2.24) is 25.1 Å². The molecule has 0 atom stereocenters. The van der Waals surface area contributed by atoms with Crippen LogP contribution in [0, 0.1) is 0 Å². The maximum Gasteiger partial charge on any atom is 0.253 e. The average Bonchev–Trinajstić information content (AvgIpc) is 3.22. The zero-order chi connectivity index (χ0) is 17.9. The van der Waals surface area contributed by atoms with Gasteiger partial charge in [-0.1, -0.05) is 42.5 Å². The summed E-state index contributed by atoms with van der Waals surface area (Å²) >= 11 is 0. The van der Waals surface area contributed by atoms with Gasteiger partial charge in [-0.15, -0.1) is 5.10 Å². The fraction of sp³-hybridized carbons (Fsp3) is 0.100. The lowest BCUT2D eigenvalue weighted by molar-refractivity contribution is 0.0785. The van der Waals surface area contributed by atoms with Gasteiger partial charge >= 0.3 is 0 Å². The standard InChI is InChI=1S/C20H17N5O/c1-24(13-15-9-10-16-5-2-3-6-17(16)11-15)20(26)18-7-4-8-19(12-18)25-14-21-22-23-25/h2-12,14H,13H2,1H3. The maximum absolute atomic E-state index is 12.8. The molecule has 4 aromatic rings. The Hall–Kier alpha value is -3.54. The molecule has 0 aliphatic heterocycles. The fourth-order valence-electron chi connectivity index (χ4n) is 2.96. The topological polar surface area (TPSA) is 63.9 Å². The Balaban J connectivity index is 1.55. The minimum Gasteiger partial charge on any atom is -0.337 e. The molecule has 0 N–H and O–H groups in total. The third kappa shape index (κ3) is 3.17. The van der Waals surface area contributed by atoms with Gasteiger partial charge in [-0.3, -0.25) is 4.79 Å². The van der Waals surface area contributed by atoms with Gasteiger partial charge in [-0.25, -0.2) is 4.68 Å². The highest BCUT2D eigenvalue weighted by atomic mass is 16.2. The van der Waals surface area contributed by atoms with E-state index in [-0.39, 0.29) is 5.91 Å². The van der Waals surface area contributed by atoms with Gasteiger partial charge in [-0.05, 0) is 51.0 Å². The molecule has 0 aliphatic carbocycles. The Morgan fingerprint density at radius 2 is 1.85 bits per heavy atom. The molecule has 0 saturated carbocycles. The molecule has 0 spiro atoms. The monoisotopic (exact) mass is 343 g/mol. The van der Waals surface area contributed by atoms with Gasteiger partial charge in [0, 0.05) is 19.2 Å². The van der Waals surface area contributed by atoms with Gasteiger partial charge in [0.15, 0.2) is 0 Å². The molecule has 0 aliphatic rings. The number of benzene rings is 3. The molecule has 0 unspecified atom stereocenters. The van der Waals surface area contributed by atoms with Gasteiger partial charge in [0.25, 0.3) is 5.91 Å². The zero-order valence-electron chi connectivity index (χ0n) is 14.3. The van der Waals surface area contributed by atoms with E-state index in [4.69, 9.17) is 0 Å². The second kappa shape index (κ2) is 6.76. The molecule has 0 saturated heterocycles. The molecule has 26 heavy (non-hydrogen) atoms. The second-order valence-electron chi connectivity index (χ2n) is 6.15. The lowest BCUT2D eigenvalue weighted by atomic mass is 10.1. The van der Waals surface area contributed by atoms with Crippen LogP contribution in [0.4, 0.5) is 0 Å². The summed E-state index contributed by atoms with van der Waals surface area (Å²) in [5, 5.41) is 13.5. The van der Waals surface area contributed by atoms with Gasteiger partial charge in [0.2, 0.25) is 0 Å². The van der Waals surface area contributed by atoms with E-state index in [1.807, 2.05) is 24.3 Å². The maximum atomic E-state index is 12.8. The van der Waals surface area contributed by atoms with E-state index in [1.54, 1.807) is 24.1 Å². The third-order valence-electron chi connectivity index (χ3n) is 4.29. The molecule has 3 aromatic carbocycles. The van der Waals surface area contributed by atoms with Gasteiger partial charge in [0.1, 0.15) is 6.33 Å². The summed E-state index contributed by atoms with van der Waals surface area (Å²) in [4.78, 5) is 14.5. The summed E-state index contributed by atoms with van der Waals surface area (Å²) in [5.74, 6) is -0.0481. The molecule has 6 nitrogen and oxygen atoms in total. The van der Waals surface area contributed by atoms with Crippen LogP contribution in [-0.4, -0.2) is 38.1 Å². The van der Waals surface area contributed by atoms with E-state index < -0.39 is 0 Å². The number of tetrazole rings is 1. The van der Waals surface area contributed by atoms with Crippen molar-refractivity contribution >= 4 is 16.7 Å². The molecular formula is C20H17N5O. The number of carbonyl (C=O) groups excluding carboxylic acids is 1. The molecule has 6 heteroatoms. The first-order valence-corrected chi connectivity index (χ1v) is 8.27. The van der Waals surface area contributed by atoms with Gasteiger partial charge < -0.3 is 4.90 Å². The number of hydrogen-bond acceptors (Lipinski definition) is 4. The summed E-state index contributed by atoms with van der Waals surface area (Å²) in [7, 11) is 1.81. The number of amides is 1. The average molecular weight is 343 g/mol. The van der Waals surface area contributed by atoms with Crippen molar-refractivity contribution in [2.75, 3.05) is 7.05 Å². The van der Waals surface area contributed by atoms with Crippen LogP contribution in [0.15, 0.2) is 73.1 Å². The fourth-order valence-corrected chi connectivity index (χ4v) is 2.96. The second-order valence-corrected chi connectivity index (χ2v) is 6.15. The summed E-state index contributed by atoms with van der Waals surface area (Å²) in [6, 6.07) is 21.7. The van der Waals surface area contributed by atoms with Crippen LogP contribution in [-0.2, 0) is 6.54 Å². The Bertz CT molecular complexity index is 1060. The Morgan fingerprint density at radius 3 is 2.65 bits per heavy atom. The van der Waals surface area contributed by atoms with Crippen LogP contribution in [0.3, 0.4) is 0 Å². The van der Waals surface area contributed by atoms with Crippen LogP contribution >= 0.6 is 0 Å². The van der Waals surface area contributed by atoms with Crippen molar-refractivity contribution in [1.29, 1.82) is 0 Å². The molecule has 4 rings (SSSR count). The summed E-state index contributed by atoms with van der Waals surface area (Å²) in [5.41, 5.74) is 2.44. The summed E-state index contributed by atoms with van der Waals surface area (Å²) in [6.45, 7) is 0.540. The lowest BCUT2D eigenvalue weighted by Crippen LogP contribution is -2.26. The quantitative estimate of drug-likeness (QED) is 0.571. The molecular weight excluding hydrogens is 326 g/mol. The van der Waals surface area contributed by atoms with E-state index in [0.29, 0.717) is 12.1 Å². The highest BCUT2D eigenvalue weighted by Gasteiger charge is 2.13. The predicted octanol–water partition coefficient (Wildman–Crippen LogP) is 3.09. The number of rotatable bonds is 4. The van der Waals surface area contributed by atoms with Crippen molar-refractivity contribution in [3.8, 4) is 5.69 Å². The Kier molecular flexibility index (Phi) is 4.15. The van der Waals surface area contributed by atoms with E-state index in [0.717, 1.165) is 11.3 Å².